The summed E-state index contributed by atoms with van der Waals surface area (Å²) in [5.41, 5.74) is 0.613. The maximum atomic E-state index is 13.3. The third-order valence-corrected chi connectivity index (χ3v) is 4.05. The van der Waals surface area contributed by atoms with Gasteiger partial charge in [0.15, 0.2) is 0 Å². The molecule has 0 aliphatic heterocycles. The molecule has 0 atom stereocenters. The number of rotatable bonds is 4. The summed E-state index contributed by atoms with van der Waals surface area (Å²) in [6, 6.07) is 11.7. The molecule has 0 fully saturated rings. The van der Waals surface area contributed by atoms with Gasteiger partial charge in [0.05, 0.1) is 6.42 Å². The molecule has 0 heterocycles. The standard InChI is InChI=1S/C14H10BrFO2S/c15-10-2-5-12(6-3-10)19-13-8-11(16)4-1-9(13)7-14(17)18/h1-6,8H,7H2,(H,17,18). The lowest BCUT2D eigenvalue weighted by atomic mass is 10.1. The predicted molar refractivity (Wildman–Crippen MR) is 76.0 cm³/mol. The molecule has 0 aliphatic carbocycles. The van der Waals surface area contributed by atoms with Crippen molar-refractivity contribution in [3.8, 4) is 0 Å². The highest BCUT2D eigenvalue weighted by atomic mass is 79.9. The quantitative estimate of drug-likeness (QED) is 0.897. The zero-order chi connectivity index (χ0) is 13.8. The average molecular weight is 341 g/mol. The third kappa shape index (κ3) is 4.08. The normalized spacial score (nSPS) is 10.4. The van der Waals surface area contributed by atoms with Crippen LogP contribution in [-0.4, -0.2) is 11.1 Å². The van der Waals surface area contributed by atoms with E-state index in [1.54, 1.807) is 0 Å². The van der Waals surface area contributed by atoms with Gasteiger partial charge in [-0.05, 0) is 42.0 Å². The second-order valence-corrected chi connectivity index (χ2v) is 5.91. The molecule has 2 aromatic rings. The van der Waals surface area contributed by atoms with Crippen molar-refractivity contribution in [3.63, 3.8) is 0 Å². The minimum Gasteiger partial charge on any atom is -0.481 e. The van der Waals surface area contributed by atoms with E-state index in [1.807, 2.05) is 24.3 Å². The van der Waals surface area contributed by atoms with E-state index in [4.69, 9.17) is 5.11 Å². The largest absolute Gasteiger partial charge is 0.481 e. The molecule has 2 rings (SSSR count). The van der Waals surface area contributed by atoms with Crippen molar-refractivity contribution >= 4 is 33.7 Å². The van der Waals surface area contributed by atoms with Crippen molar-refractivity contribution in [2.24, 2.45) is 0 Å². The van der Waals surface area contributed by atoms with E-state index in [2.05, 4.69) is 15.9 Å². The monoisotopic (exact) mass is 340 g/mol. The Hall–Kier alpha value is -1.33. The molecule has 0 amide bonds. The predicted octanol–water partition coefficient (Wildman–Crippen LogP) is 4.37. The fraction of sp³-hybridized carbons (Fsp3) is 0.0714. The summed E-state index contributed by atoms with van der Waals surface area (Å²) in [4.78, 5) is 12.4. The summed E-state index contributed by atoms with van der Waals surface area (Å²) in [6.07, 6.45) is -0.112. The minimum atomic E-state index is -0.927. The van der Waals surface area contributed by atoms with Crippen LogP contribution in [0.5, 0.6) is 0 Å². The summed E-state index contributed by atoms with van der Waals surface area (Å²) in [5, 5.41) is 8.85. The third-order valence-electron chi connectivity index (χ3n) is 2.41. The van der Waals surface area contributed by atoms with Gasteiger partial charge in [-0.25, -0.2) is 4.39 Å². The number of carboxylic acids is 1. The number of halogens is 2. The van der Waals surface area contributed by atoms with Crippen molar-refractivity contribution < 1.29 is 14.3 Å². The van der Waals surface area contributed by atoms with Crippen molar-refractivity contribution in [1.29, 1.82) is 0 Å². The van der Waals surface area contributed by atoms with Crippen LogP contribution in [0.15, 0.2) is 56.7 Å². The van der Waals surface area contributed by atoms with Crippen LogP contribution in [0.2, 0.25) is 0 Å². The second-order valence-electron chi connectivity index (χ2n) is 3.88. The fourth-order valence-corrected chi connectivity index (χ4v) is 2.80. The van der Waals surface area contributed by atoms with E-state index < -0.39 is 5.97 Å². The van der Waals surface area contributed by atoms with Gasteiger partial charge in [-0.15, -0.1) is 0 Å². The first-order valence-electron chi connectivity index (χ1n) is 5.48. The van der Waals surface area contributed by atoms with Gasteiger partial charge < -0.3 is 5.11 Å². The Balaban J connectivity index is 2.29. The Kier molecular flexibility index (Phi) is 4.61. The molecule has 1 N–H and O–H groups in total. The topological polar surface area (TPSA) is 37.3 Å². The highest BCUT2D eigenvalue weighted by Crippen LogP contribution is 2.32. The van der Waals surface area contributed by atoms with Gasteiger partial charge in [-0.3, -0.25) is 4.79 Å². The van der Waals surface area contributed by atoms with Crippen molar-refractivity contribution in [2.75, 3.05) is 0 Å². The second kappa shape index (κ2) is 6.21. The fourth-order valence-electron chi connectivity index (χ4n) is 1.56. The van der Waals surface area contributed by atoms with Crippen LogP contribution in [0.3, 0.4) is 0 Å². The lowest BCUT2D eigenvalue weighted by molar-refractivity contribution is -0.136. The molecule has 0 aliphatic rings. The van der Waals surface area contributed by atoms with E-state index in [-0.39, 0.29) is 12.2 Å². The zero-order valence-electron chi connectivity index (χ0n) is 9.77. The molecular formula is C14H10BrFO2S. The highest BCUT2D eigenvalue weighted by molar-refractivity contribution is 9.10. The minimum absolute atomic E-state index is 0.112. The van der Waals surface area contributed by atoms with Gasteiger partial charge in [0.2, 0.25) is 0 Å². The van der Waals surface area contributed by atoms with E-state index in [0.717, 1.165) is 9.37 Å². The van der Waals surface area contributed by atoms with Gasteiger partial charge in [-0.2, -0.15) is 0 Å². The molecule has 0 radical (unpaired) electrons. The smallest absolute Gasteiger partial charge is 0.307 e. The Morgan fingerprint density at radius 1 is 1.21 bits per heavy atom. The summed E-state index contributed by atoms with van der Waals surface area (Å²) < 4.78 is 14.2. The van der Waals surface area contributed by atoms with E-state index in [9.17, 15) is 9.18 Å². The average Bonchev–Trinajstić information content (AvgIpc) is 2.35. The Labute approximate surface area is 122 Å². The summed E-state index contributed by atoms with van der Waals surface area (Å²) >= 11 is 4.70. The maximum absolute atomic E-state index is 13.3. The lowest BCUT2D eigenvalue weighted by Crippen LogP contribution is -2.01. The Bertz CT molecular complexity index is 599. The number of hydrogen-bond acceptors (Lipinski definition) is 2. The molecule has 2 aromatic carbocycles. The number of aliphatic carboxylic acids is 1. The van der Waals surface area contributed by atoms with Crippen LogP contribution < -0.4 is 0 Å². The summed E-state index contributed by atoms with van der Waals surface area (Å²) in [6.45, 7) is 0. The number of benzene rings is 2. The van der Waals surface area contributed by atoms with Crippen LogP contribution in [0.1, 0.15) is 5.56 Å². The number of carbonyl (C=O) groups is 1. The number of carboxylic acid groups (broad SMARTS) is 1. The molecule has 19 heavy (non-hydrogen) atoms. The van der Waals surface area contributed by atoms with Crippen LogP contribution in [0, 0.1) is 5.82 Å². The molecule has 5 heteroatoms. The first kappa shape index (κ1) is 14.1. The maximum Gasteiger partial charge on any atom is 0.307 e. The van der Waals surface area contributed by atoms with Gasteiger partial charge in [0.1, 0.15) is 5.82 Å². The summed E-state index contributed by atoms with van der Waals surface area (Å²) in [7, 11) is 0. The van der Waals surface area contributed by atoms with E-state index >= 15 is 0 Å². The first-order valence-corrected chi connectivity index (χ1v) is 7.09. The molecule has 0 saturated heterocycles. The van der Waals surface area contributed by atoms with Gasteiger partial charge in [0.25, 0.3) is 0 Å². The van der Waals surface area contributed by atoms with E-state index in [1.165, 1.54) is 30.0 Å². The zero-order valence-corrected chi connectivity index (χ0v) is 12.2. The van der Waals surface area contributed by atoms with Crippen LogP contribution in [-0.2, 0) is 11.2 Å². The van der Waals surface area contributed by atoms with Crippen molar-refractivity contribution in [3.05, 3.63) is 58.3 Å². The Morgan fingerprint density at radius 3 is 2.53 bits per heavy atom. The molecule has 0 saturated carbocycles. The van der Waals surface area contributed by atoms with Crippen LogP contribution in [0.4, 0.5) is 4.39 Å². The number of hydrogen-bond donors (Lipinski definition) is 1. The van der Waals surface area contributed by atoms with Crippen LogP contribution >= 0.6 is 27.7 Å². The highest BCUT2D eigenvalue weighted by Gasteiger charge is 2.09. The molecular weight excluding hydrogens is 331 g/mol. The van der Waals surface area contributed by atoms with Gasteiger partial charge in [-0.1, -0.05) is 33.8 Å². The van der Waals surface area contributed by atoms with Crippen molar-refractivity contribution in [2.45, 2.75) is 16.2 Å². The SMILES string of the molecule is O=C(O)Cc1ccc(F)cc1Sc1ccc(Br)cc1. The lowest BCUT2D eigenvalue weighted by Gasteiger charge is -2.08. The van der Waals surface area contributed by atoms with E-state index in [0.29, 0.717) is 10.5 Å². The van der Waals surface area contributed by atoms with Crippen molar-refractivity contribution in [1.82, 2.24) is 0 Å². The first-order chi connectivity index (χ1) is 9.04. The molecule has 2 nitrogen and oxygen atoms in total. The van der Waals surface area contributed by atoms with Gasteiger partial charge in [0, 0.05) is 14.3 Å². The molecule has 0 unspecified atom stereocenters. The molecule has 0 spiro atoms. The molecule has 98 valence electrons. The Morgan fingerprint density at radius 2 is 1.89 bits per heavy atom. The molecule has 0 aromatic heterocycles. The molecule has 0 bridgehead atoms. The van der Waals surface area contributed by atoms with Crippen LogP contribution in [0.25, 0.3) is 0 Å². The van der Waals surface area contributed by atoms with Gasteiger partial charge >= 0.3 is 5.97 Å². The summed E-state index contributed by atoms with van der Waals surface area (Å²) in [5.74, 6) is -1.29.